The number of halogens is 4. The van der Waals surface area contributed by atoms with Gasteiger partial charge in [-0.25, -0.2) is 4.39 Å². The Balaban J connectivity index is 3.50. The molecule has 0 aromatic carbocycles. The third-order valence-corrected chi connectivity index (χ3v) is 2.61. The molecule has 0 aliphatic rings. The summed E-state index contributed by atoms with van der Waals surface area (Å²) < 4.78 is 47.3. The molecule has 0 aliphatic heterocycles. The maximum Gasteiger partial charge on any atom is 0.419 e. The van der Waals surface area contributed by atoms with Gasteiger partial charge in [-0.05, 0) is 12.8 Å². The van der Waals surface area contributed by atoms with Gasteiger partial charge in [-0.2, -0.15) is 13.2 Å². The second kappa shape index (κ2) is 6.27. The molecule has 0 spiro atoms. The molecule has 84 valence electrons. The summed E-state index contributed by atoms with van der Waals surface area (Å²) in [5.74, 6) is 0.253. The second-order valence-electron chi connectivity index (χ2n) is 2.73. The van der Waals surface area contributed by atoms with E-state index in [9.17, 15) is 22.4 Å². The molecule has 0 amide bonds. The van der Waals surface area contributed by atoms with Gasteiger partial charge in [0.25, 0.3) is 0 Å². The van der Waals surface area contributed by atoms with Crippen molar-refractivity contribution in [2.75, 3.05) is 5.75 Å². The number of rotatable bonds is 5. The van der Waals surface area contributed by atoms with Crippen LogP contribution >= 0.6 is 11.8 Å². The minimum absolute atomic E-state index is 0.0666. The van der Waals surface area contributed by atoms with E-state index >= 15 is 0 Å². The van der Waals surface area contributed by atoms with Crippen molar-refractivity contribution < 1.29 is 22.4 Å². The summed E-state index contributed by atoms with van der Waals surface area (Å²) in [6, 6.07) is 0. The van der Waals surface area contributed by atoms with Crippen molar-refractivity contribution in [2.24, 2.45) is 0 Å². The van der Waals surface area contributed by atoms with Crippen LogP contribution in [-0.2, 0) is 4.79 Å². The van der Waals surface area contributed by atoms with Crippen molar-refractivity contribution in [2.45, 2.75) is 38.5 Å². The Bertz CT molecular complexity index is 181. The zero-order valence-corrected chi connectivity index (χ0v) is 8.55. The Morgan fingerprint density at radius 3 is 2.43 bits per heavy atom. The van der Waals surface area contributed by atoms with Crippen LogP contribution in [0.2, 0.25) is 0 Å². The Kier molecular flexibility index (Phi) is 6.15. The fourth-order valence-electron chi connectivity index (χ4n) is 0.714. The van der Waals surface area contributed by atoms with E-state index in [2.05, 4.69) is 0 Å². The fraction of sp³-hybridized carbons (Fsp3) is 0.875. The predicted molar refractivity (Wildman–Crippen MR) is 47.9 cm³/mol. The third-order valence-electron chi connectivity index (χ3n) is 1.51. The first-order valence-corrected chi connectivity index (χ1v) is 5.23. The van der Waals surface area contributed by atoms with Crippen LogP contribution in [0.15, 0.2) is 0 Å². The van der Waals surface area contributed by atoms with E-state index < -0.39 is 18.8 Å². The molecular weight excluding hydrogens is 220 g/mol. The Labute approximate surface area is 84.2 Å². The highest BCUT2D eigenvalue weighted by molar-refractivity contribution is 8.13. The largest absolute Gasteiger partial charge is 0.419 e. The monoisotopic (exact) mass is 232 g/mol. The van der Waals surface area contributed by atoms with Gasteiger partial charge in [-0.3, -0.25) is 4.79 Å². The van der Waals surface area contributed by atoms with Crippen LogP contribution in [0.5, 0.6) is 0 Å². The highest BCUT2D eigenvalue weighted by atomic mass is 32.2. The Morgan fingerprint density at radius 1 is 1.43 bits per heavy atom. The molecule has 0 rings (SSSR count). The lowest BCUT2D eigenvalue weighted by molar-refractivity contribution is -0.181. The fourth-order valence-corrected chi connectivity index (χ4v) is 1.46. The molecule has 0 aromatic heterocycles. The minimum atomic E-state index is -4.76. The number of hydrogen-bond acceptors (Lipinski definition) is 2. The van der Waals surface area contributed by atoms with E-state index in [4.69, 9.17) is 0 Å². The maximum absolute atomic E-state index is 12.3. The van der Waals surface area contributed by atoms with Crippen LogP contribution in [-0.4, -0.2) is 23.2 Å². The van der Waals surface area contributed by atoms with Crippen molar-refractivity contribution in [1.29, 1.82) is 0 Å². The highest BCUT2D eigenvalue weighted by Crippen LogP contribution is 2.26. The Hall–Kier alpha value is -0.260. The number of carbonyl (C=O) groups excluding carboxylic acids is 1. The summed E-state index contributed by atoms with van der Waals surface area (Å²) in [4.78, 5) is 10.7. The van der Waals surface area contributed by atoms with Gasteiger partial charge < -0.3 is 0 Å². The van der Waals surface area contributed by atoms with Gasteiger partial charge in [0.2, 0.25) is 0 Å². The van der Waals surface area contributed by atoms with Crippen molar-refractivity contribution in [3.63, 3.8) is 0 Å². The summed E-state index contributed by atoms with van der Waals surface area (Å²) >= 11 is 0.956. The van der Waals surface area contributed by atoms with Crippen LogP contribution in [0.25, 0.3) is 0 Å². The summed E-state index contributed by atoms with van der Waals surface area (Å²) in [6.07, 6.45) is -7.67. The third kappa shape index (κ3) is 6.23. The smallest absolute Gasteiger partial charge is 0.287 e. The topological polar surface area (TPSA) is 17.1 Å². The van der Waals surface area contributed by atoms with Crippen LogP contribution in [0.1, 0.15) is 26.2 Å². The lowest BCUT2D eigenvalue weighted by Gasteiger charge is -2.11. The van der Waals surface area contributed by atoms with Crippen molar-refractivity contribution in [3.05, 3.63) is 0 Å². The number of alkyl halides is 4. The molecule has 0 fully saturated rings. The molecule has 0 saturated carbocycles. The molecule has 1 atom stereocenters. The van der Waals surface area contributed by atoms with Gasteiger partial charge in [0.05, 0.1) is 0 Å². The van der Waals surface area contributed by atoms with E-state index in [-0.39, 0.29) is 17.3 Å². The molecule has 0 bridgehead atoms. The van der Waals surface area contributed by atoms with Crippen molar-refractivity contribution >= 4 is 16.9 Å². The SMILES string of the molecule is CCC(=O)SCCCC(F)C(F)(F)F. The van der Waals surface area contributed by atoms with Crippen LogP contribution in [0.4, 0.5) is 17.6 Å². The molecule has 6 heteroatoms. The van der Waals surface area contributed by atoms with Crippen molar-refractivity contribution in [1.82, 2.24) is 0 Å². The van der Waals surface area contributed by atoms with E-state index in [1.165, 1.54) is 0 Å². The van der Waals surface area contributed by atoms with Crippen LogP contribution in [0, 0.1) is 0 Å². The van der Waals surface area contributed by atoms with Crippen LogP contribution in [0.3, 0.4) is 0 Å². The Morgan fingerprint density at radius 2 is 2.00 bits per heavy atom. The van der Waals surface area contributed by atoms with Crippen molar-refractivity contribution in [3.8, 4) is 0 Å². The van der Waals surface area contributed by atoms with Gasteiger partial charge in [0.15, 0.2) is 11.3 Å². The summed E-state index contributed by atoms with van der Waals surface area (Å²) in [7, 11) is 0. The van der Waals surface area contributed by atoms with E-state index in [1.54, 1.807) is 6.92 Å². The lowest BCUT2D eigenvalue weighted by atomic mass is 10.2. The summed E-state index contributed by atoms with van der Waals surface area (Å²) in [5.41, 5.74) is 0. The second-order valence-corrected chi connectivity index (χ2v) is 3.88. The molecule has 0 N–H and O–H groups in total. The van der Waals surface area contributed by atoms with Gasteiger partial charge in [0, 0.05) is 12.2 Å². The molecular formula is C8H12F4OS. The van der Waals surface area contributed by atoms with Gasteiger partial charge in [-0.15, -0.1) is 0 Å². The molecule has 1 nitrogen and oxygen atoms in total. The first kappa shape index (κ1) is 13.7. The standard InChI is InChI=1S/C8H12F4OS/c1-2-7(13)14-5-3-4-6(9)8(10,11)12/h6H,2-5H2,1H3. The predicted octanol–water partition coefficient (Wildman–Crippen LogP) is 3.34. The zero-order valence-electron chi connectivity index (χ0n) is 7.73. The molecule has 0 saturated heterocycles. The van der Waals surface area contributed by atoms with Gasteiger partial charge in [-0.1, -0.05) is 18.7 Å². The number of thioether (sulfide) groups is 1. The quantitative estimate of drug-likeness (QED) is 0.534. The maximum atomic E-state index is 12.3. The van der Waals surface area contributed by atoms with E-state index in [0.29, 0.717) is 6.42 Å². The summed E-state index contributed by atoms with van der Waals surface area (Å²) in [5, 5.41) is -0.0765. The molecule has 1 unspecified atom stereocenters. The normalized spacial score (nSPS) is 14.1. The summed E-state index contributed by atoms with van der Waals surface area (Å²) in [6.45, 7) is 1.67. The van der Waals surface area contributed by atoms with E-state index in [1.807, 2.05) is 0 Å². The average molecular weight is 232 g/mol. The lowest BCUT2D eigenvalue weighted by Crippen LogP contribution is -2.24. The molecule has 14 heavy (non-hydrogen) atoms. The van der Waals surface area contributed by atoms with Gasteiger partial charge >= 0.3 is 6.18 Å². The zero-order chi connectivity index (χ0) is 11.2. The van der Waals surface area contributed by atoms with Gasteiger partial charge in [0.1, 0.15) is 0 Å². The minimum Gasteiger partial charge on any atom is -0.287 e. The van der Waals surface area contributed by atoms with Crippen LogP contribution < -0.4 is 0 Å². The highest BCUT2D eigenvalue weighted by Gasteiger charge is 2.39. The first-order valence-electron chi connectivity index (χ1n) is 4.24. The molecule has 0 aliphatic carbocycles. The molecule has 0 aromatic rings. The average Bonchev–Trinajstić information content (AvgIpc) is 2.09. The number of carbonyl (C=O) groups is 1. The van der Waals surface area contributed by atoms with E-state index in [0.717, 1.165) is 11.8 Å². The first-order chi connectivity index (χ1) is 6.38. The number of hydrogen-bond donors (Lipinski definition) is 0. The molecule has 0 heterocycles. The molecule has 0 radical (unpaired) electrons.